The minimum Gasteiger partial charge on any atom is -0.231 e. The first-order valence-electron chi connectivity index (χ1n) is 8.81. The Morgan fingerprint density at radius 3 is 2.39 bits per heavy atom. The van der Waals surface area contributed by atoms with E-state index in [0.717, 1.165) is 27.9 Å². The van der Waals surface area contributed by atoms with E-state index in [-0.39, 0.29) is 6.04 Å². The third-order valence-corrected chi connectivity index (χ3v) is 8.40. The van der Waals surface area contributed by atoms with E-state index >= 15 is 0 Å². The molecule has 0 saturated carbocycles. The molecule has 4 aromatic rings. The summed E-state index contributed by atoms with van der Waals surface area (Å²) in [4.78, 5) is 2.52. The van der Waals surface area contributed by atoms with Gasteiger partial charge in [-0.25, -0.2) is 9.12 Å². The van der Waals surface area contributed by atoms with Crippen molar-refractivity contribution in [1.29, 1.82) is 0 Å². The fourth-order valence-corrected chi connectivity index (χ4v) is 6.90. The van der Waals surface area contributed by atoms with Crippen molar-refractivity contribution >= 4 is 74.9 Å². The van der Waals surface area contributed by atoms with Crippen molar-refractivity contribution in [2.24, 2.45) is 4.40 Å². The second kappa shape index (κ2) is 6.33. The normalized spacial score (nSPS) is 18.1. The number of thiophene rings is 2. The van der Waals surface area contributed by atoms with E-state index in [0.29, 0.717) is 0 Å². The number of nitrogens with zero attached hydrogens (tertiary/aromatic N) is 3. The molecule has 1 N–H and O–H groups in total. The largest absolute Gasteiger partial charge is 0.231 e. The van der Waals surface area contributed by atoms with E-state index in [4.69, 9.17) is 4.40 Å². The van der Waals surface area contributed by atoms with Crippen LogP contribution in [0.15, 0.2) is 33.4 Å². The van der Waals surface area contributed by atoms with Crippen molar-refractivity contribution in [3.05, 3.63) is 56.1 Å². The van der Waals surface area contributed by atoms with Gasteiger partial charge in [0.05, 0.1) is 35.6 Å². The van der Waals surface area contributed by atoms with Crippen LogP contribution < -0.4 is 4.72 Å². The van der Waals surface area contributed by atoms with Gasteiger partial charge in [-0.2, -0.15) is 8.75 Å². The fourth-order valence-electron chi connectivity index (χ4n) is 3.77. The zero-order valence-corrected chi connectivity index (χ0v) is 18.3. The monoisotopic (exact) mass is 438 g/mol. The lowest BCUT2D eigenvalue weighted by atomic mass is 9.84. The van der Waals surface area contributed by atoms with Gasteiger partial charge < -0.3 is 0 Å². The summed E-state index contributed by atoms with van der Waals surface area (Å²) < 4.78 is 17.6. The molecule has 3 aromatic heterocycles. The number of benzene rings is 1. The molecule has 138 valence electrons. The predicted molar refractivity (Wildman–Crippen MR) is 123 cm³/mol. The van der Waals surface area contributed by atoms with Crippen LogP contribution in [0.25, 0.3) is 33.1 Å². The van der Waals surface area contributed by atoms with Crippen LogP contribution in [0.3, 0.4) is 0 Å². The molecule has 1 atom stereocenters. The zero-order chi connectivity index (χ0) is 18.8. The van der Waals surface area contributed by atoms with Crippen molar-refractivity contribution < 1.29 is 0 Å². The van der Waals surface area contributed by atoms with E-state index < -0.39 is 0 Å². The van der Waals surface area contributed by atoms with Gasteiger partial charge in [-0.3, -0.25) is 0 Å². The Bertz CT molecular complexity index is 1310. The Balaban J connectivity index is 1.65. The van der Waals surface area contributed by atoms with Gasteiger partial charge in [-0.05, 0) is 65.6 Å². The lowest BCUT2D eigenvalue weighted by molar-refractivity contribution is 1.03. The molecule has 0 fully saturated rings. The molecular formula is C20H14N4S4. The maximum absolute atomic E-state index is 4.76. The van der Waals surface area contributed by atoms with E-state index in [2.05, 4.69) is 62.4 Å². The quantitative estimate of drug-likeness (QED) is 0.391. The Morgan fingerprint density at radius 2 is 1.64 bits per heavy atom. The predicted octanol–water partition coefficient (Wildman–Crippen LogP) is 5.98. The van der Waals surface area contributed by atoms with Crippen LogP contribution in [0, 0.1) is 13.8 Å². The second-order valence-electron chi connectivity index (χ2n) is 7.04. The molecule has 1 aromatic carbocycles. The Kier molecular flexibility index (Phi) is 3.86. The van der Waals surface area contributed by atoms with Gasteiger partial charge in [0, 0.05) is 26.4 Å². The standard InChI is InChI=1S/C20H14N4S4/c1-9-3-15(25-7-9)13-5-11-12(17-19(13)23-27-21-17)6-14(16-4-10(2)8-26-16)20-18(11)22-28-24-20/h3-8,19,23H,1-2H3. The highest BCUT2D eigenvalue weighted by molar-refractivity contribution is 7.96. The number of aryl methyl sites for hydroxylation is 2. The van der Waals surface area contributed by atoms with E-state index in [9.17, 15) is 0 Å². The van der Waals surface area contributed by atoms with Crippen molar-refractivity contribution in [2.45, 2.75) is 19.9 Å². The van der Waals surface area contributed by atoms with E-state index in [1.165, 1.54) is 55.9 Å². The first kappa shape index (κ1) is 17.1. The van der Waals surface area contributed by atoms with Gasteiger partial charge in [0.1, 0.15) is 11.0 Å². The van der Waals surface area contributed by atoms with Gasteiger partial charge in [0.25, 0.3) is 0 Å². The summed E-state index contributed by atoms with van der Waals surface area (Å²) in [6.45, 7) is 4.27. The Morgan fingerprint density at radius 1 is 0.893 bits per heavy atom. The maximum Gasteiger partial charge on any atom is 0.114 e. The first-order chi connectivity index (χ1) is 13.7. The van der Waals surface area contributed by atoms with Crippen LogP contribution in [0.2, 0.25) is 0 Å². The zero-order valence-electron chi connectivity index (χ0n) is 15.0. The molecule has 2 aliphatic rings. The maximum atomic E-state index is 4.76. The SMILES string of the molecule is Cc1csc(C2=Cc3c(cc(-c4cc(C)cs4)c4nsnc34)C3=NSNC23)c1. The molecule has 6 rings (SSSR count). The van der Waals surface area contributed by atoms with Crippen molar-refractivity contribution in [2.75, 3.05) is 0 Å². The Hall–Kier alpha value is -1.84. The van der Waals surface area contributed by atoms with Crippen LogP contribution in [-0.2, 0) is 0 Å². The average molecular weight is 439 g/mol. The van der Waals surface area contributed by atoms with Crippen LogP contribution in [0.5, 0.6) is 0 Å². The van der Waals surface area contributed by atoms with Gasteiger partial charge in [-0.15, -0.1) is 22.7 Å². The molecule has 4 nitrogen and oxygen atoms in total. The van der Waals surface area contributed by atoms with Crippen LogP contribution in [0.1, 0.15) is 27.1 Å². The van der Waals surface area contributed by atoms with Crippen LogP contribution in [0.4, 0.5) is 0 Å². The summed E-state index contributed by atoms with van der Waals surface area (Å²) in [5.41, 5.74) is 10.4. The highest BCUT2D eigenvalue weighted by Gasteiger charge is 2.35. The number of aromatic nitrogens is 2. The van der Waals surface area contributed by atoms with Crippen molar-refractivity contribution in [3.8, 4) is 10.4 Å². The smallest absolute Gasteiger partial charge is 0.114 e. The molecule has 8 heteroatoms. The molecule has 1 aliphatic carbocycles. The second-order valence-corrected chi connectivity index (χ2v) is 9.99. The van der Waals surface area contributed by atoms with Crippen molar-refractivity contribution in [1.82, 2.24) is 13.5 Å². The summed E-state index contributed by atoms with van der Waals surface area (Å²) in [7, 11) is 0. The van der Waals surface area contributed by atoms with Gasteiger partial charge in [0.2, 0.25) is 0 Å². The van der Waals surface area contributed by atoms with Crippen LogP contribution in [-0.4, -0.2) is 20.5 Å². The molecule has 0 radical (unpaired) electrons. The number of rotatable bonds is 2. The molecule has 0 bridgehead atoms. The summed E-state index contributed by atoms with van der Waals surface area (Å²) in [5, 5.41) is 4.39. The van der Waals surface area contributed by atoms with Gasteiger partial charge >= 0.3 is 0 Å². The molecule has 4 heterocycles. The topological polar surface area (TPSA) is 50.2 Å². The minimum absolute atomic E-state index is 0.109. The first-order valence-corrected chi connectivity index (χ1v) is 12.1. The minimum atomic E-state index is 0.109. The molecule has 1 unspecified atom stereocenters. The number of nitrogens with one attached hydrogen (secondary N) is 1. The van der Waals surface area contributed by atoms with Gasteiger partial charge in [-0.1, -0.05) is 0 Å². The molecule has 0 spiro atoms. The highest BCUT2D eigenvalue weighted by Crippen LogP contribution is 2.43. The third-order valence-electron chi connectivity index (χ3n) is 5.06. The lowest BCUT2D eigenvalue weighted by Crippen LogP contribution is -2.32. The molecular weight excluding hydrogens is 425 g/mol. The van der Waals surface area contributed by atoms with Gasteiger partial charge in [0.15, 0.2) is 0 Å². The summed E-state index contributed by atoms with van der Waals surface area (Å²) in [5.74, 6) is 0. The molecule has 28 heavy (non-hydrogen) atoms. The summed E-state index contributed by atoms with van der Waals surface area (Å²) in [6, 6.07) is 6.85. The summed E-state index contributed by atoms with van der Waals surface area (Å²) >= 11 is 6.26. The fraction of sp³-hybridized carbons (Fsp3) is 0.150. The highest BCUT2D eigenvalue weighted by atomic mass is 32.2. The van der Waals surface area contributed by atoms with E-state index in [1.807, 2.05) is 0 Å². The van der Waals surface area contributed by atoms with E-state index in [1.54, 1.807) is 22.7 Å². The molecule has 0 saturated heterocycles. The average Bonchev–Trinajstić information content (AvgIpc) is 3.47. The lowest BCUT2D eigenvalue weighted by Gasteiger charge is -2.23. The third kappa shape index (κ3) is 2.49. The Labute approximate surface area is 178 Å². The summed E-state index contributed by atoms with van der Waals surface area (Å²) in [6.07, 6.45) is 2.29. The van der Waals surface area contributed by atoms with Crippen LogP contribution >= 0.6 is 46.5 Å². The number of fused-ring (bicyclic) bond motifs is 5. The number of hydrogen-bond acceptors (Lipinski definition) is 8. The number of hydrogen-bond donors (Lipinski definition) is 1. The molecule has 1 aliphatic heterocycles. The molecule has 0 amide bonds. The van der Waals surface area contributed by atoms with Crippen molar-refractivity contribution in [3.63, 3.8) is 0 Å².